The first kappa shape index (κ1) is 18.0. The molecule has 0 aliphatic rings. The first-order valence-electron chi connectivity index (χ1n) is 6.88. The molecule has 0 fully saturated rings. The Labute approximate surface area is 135 Å². The maximum absolute atomic E-state index is 11.5. The number of halogens is 1. The van der Waals surface area contributed by atoms with Crippen LogP contribution in [0.5, 0.6) is 0 Å². The highest BCUT2D eigenvalue weighted by Gasteiger charge is 2.08. The van der Waals surface area contributed by atoms with Crippen LogP contribution in [-0.4, -0.2) is 35.3 Å². The Balaban J connectivity index is 2.93. The van der Waals surface area contributed by atoms with E-state index < -0.39 is 6.03 Å². The standard InChI is InChI=1S/C15H21ClN4O2/c1-4-11(8-19-15(22)17-5-6-21)12-7-14(20-10(2)3)18-9-13(12)16/h4,7-10,21H,1,5-6H2,2-3H3,(H,18,20)(H2,17,19,22)/b11-8+. The van der Waals surface area contributed by atoms with Crippen molar-refractivity contribution in [2.45, 2.75) is 19.9 Å². The number of aliphatic hydroxyl groups excluding tert-OH is 1. The lowest BCUT2D eigenvalue weighted by Crippen LogP contribution is -2.34. The molecule has 0 atom stereocenters. The van der Waals surface area contributed by atoms with Gasteiger partial charge in [-0.3, -0.25) is 0 Å². The fourth-order valence-corrected chi connectivity index (χ4v) is 1.86. The van der Waals surface area contributed by atoms with Gasteiger partial charge in [-0.15, -0.1) is 0 Å². The number of urea groups is 1. The molecular weight excluding hydrogens is 304 g/mol. The van der Waals surface area contributed by atoms with Crippen molar-refractivity contribution in [2.24, 2.45) is 0 Å². The number of pyridine rings is 1. The number of amides is 2. The van der Waals surface area contributed by atoms with Crippen LogP contribution in [0.1, 0.15) is 19.4 Å². The quantitative estimate of drug-likeness (QED) is 0.580. The Morgan fingerprint density at radius 3 is 2.86 bits per heavy atom. The van der Waals surface area contributed by atoms with Crippen molar-refractivity contribution in [3.63, 3.8) is 0 Å². The number of rotatable bonds is 7. The minimum atomic E-state index is -0.417. The van der Waals surface area contributed by atoms with Gasteiger partial charge in [0.1, 0.15) is 5.82 Å². The molecule has 22 heavy (non-hydrogen) atoms. The Bertz CT molecular complexity index is 558. The van der Waals surface area contributed by atoms with Crippen LogP contribution < -0.4 is 16.0 Å². The maximum Gasteiger partial charge on any atom is 0.318 e. The van der Waals surface area contributed by atoms with Crippen molar-refractivity contribution in [3.05, 3.63) is 41.7 Å². The lowest BCUT2D eigenvalue weighted by molar-refractivity contribution is 0.237. The van der Waals surface area contributed by atoms with E-state index in [2.05, 4.69) is 27.5 Å². The SMILES string of the molecule is C=C/C(=C\NC(=O)NCCO)c1cc(NC(C)C)ncc1Cl. The molecule has 2 amide bonds. The molecule has 0 bridgehead atoms. The van der Waals surface area contributed by atoms with Gasteiger partial charge in [0, 0.05) is 30.5 Å². The predicted octanol–water partition coefficient (Wildman–Crippen LogP) is 2.37. The van der Waals surface area contributed by atoms with Crippen LogP contribution in [0, 0.1) is 0 Å². The molecular formula is C15H21ClN4O2. The van der Waals surface area contributed by atoms with Crippen molar-refractivity contribution in [3.8, 4) is 0 Å². The van der Waals surface area contributed by atoms with Crippen LogP contribution in [0.2, 0.25) is 5.02 Å². The number of carbonyl (C=O) groups is 1. The topological polar surface area (TPSA) is 86.3 Å². The third-order valence-electron chi connectivity index (χ3n) is 2.58. The number of hydrogen-bond acceptors (Lipinski definition) is 4. The average molecular weight is 325 g/mol. The first-order chi connectivity index (χ1) is 10.5. The number of aliphatic hydroxyl groups is 1. The number of allylic oxidation sites excluding steroid dienone is 2. The number of hydrogen-bond donors (Lipinski definition) is 4. The summed E-state index contributed by atoms with van der Waals surface area (Å²) in [5, 5.41) is 17.3. The molecule has 0 aliphatic heterocycles. The lowest BCUT2D eigenvalue weighted by atomic mass is 10.1. The number of carbonyl (C=O) groups excluding carboxylic acids is 1. The van der Waals surface area contributed by atoms with Gasteiger partial charge in [-0.25, -0.2) is 9.78 Å². The summed E-state index contributed by atoms with van der Waals surface area (Å²) in [6.07, 6.45) is 4.64. The molecule has 7 heteroatoms. The summed E-state index contributed by atoms with van der Waals surface area (Å²) in [6, 6.07) is 1.61. The number of nitrogens with zero attached hydrogens (tertiary/aromatic N) is 1. The summed E-state index contributed by atoms with van der Waals surface area (Å²) in [6.45, 7) is 7.81. The van der Waals surface area contributed by atoms with Crippen LogP contribution in [0.25, 0.3) is 5.57 Å². The van der Waals surface area contributed by atoms with E-state index in [-0.39, 0.29) is 19.2 Å². The second-order valence-corrected chi connectivity index (χ2v) is 5.18. The van der Waals surface area contributed by atoms with Gasteiger partial charge in [-0.1, -0.05) is 24.3 Å². The van der Waals surface area contributed by atoms with E-state index in [4.69, 9.17) is 16.7 Å². The van der Waals surface area contributed by atoms with E-state index in [0.29, 0.717) is 22.0 Å². The third kappa shape index (κ3) is 5.75. The van der Waals surface area contributed by atoms with Crippen LogP contribution >= 0.6 is 11.6 Å². The van der Waals surface area contributed by atoms with Gasteiger partial charge in [0.2, 0.25) is 0 Å². The summed E-state index contributed by atoms with van der Waals surface area (Å²) < 4.78 is 0. The predicted molar refractivity (Wildman–Crippen MR) is 89.8 cm³/mol. The van der Waals surface area contributed by atoms with E-state index in [0.717, 1.165) is 0 Å². The molecule has 0 saturated heterocycles. The third-order valence-corrected chi connectivity index (χ3v) is 2.88. The Kier molecular flexibility index (Phi) is 7.42. The zero-order valence-electron chi connectivity index (χ0n) is 12.7. The molecule has 1 aromatic heterocycles. The molecule has 120 valence electrons. The molecule has 0 saturated carbocycles. The van der Waals surface area contributed by atoms with Gasteiger partial charge in [-0.2, -0.15) is 0 Å². The number of aromatic nitrogens is 1. The van der Waals surface area contributed by atoms with E-state index in [1.807, 2.05) is 13.8 Å². The van der Waals surface area contributed by atoms with E-state index in [9.17, 15) is 4.79 Å². The van der Waals surface area contributed by atoms with Gasteiger partial charge >= 0.3 is 6.03 Å². The van der Waals surface area contributed by atoms with E-state index in [1.54, 1.807) is 18.3 Å². The largest absolute Gasteiger partial charge is 0.395 e. The minimum absolute atomic E-state index is 0.119. The number of anilines is 1. The summed E-state index contributed by atoms with van der Waals surface area (Å²) in [4.78, 5) is 15.7. The Hall–Kier alpha value is -2.05. The van der Waals surface area contributed by atoms with Gasteiger partial charge in [-0.05, 0) is 25.5 Å². The molecule has 4 N–H and O–H groups in total. The Morgan fingerprint density at radius 1 is 1.55 bits per heavy atom. The normalized spacial score (nSPS) is 11.2. The summed E-state index contributed by atoms with van der Waals surface area (Å²) >= 11 is 6.16. The highest BCUT2D eigenvalue weighted by atomic mass is 35.5. The second kappa shape index (κ2) is 9.07. The van der Waals surface area contributed by atoms with E-state index in [1.165, 1.54) is 6.20 Å². The van der Waals surface area contributed by atoms with Crippen molar-refractivity contribution in [2.75, 3.05) is 18.5 Å². The molecule has 6 nitrogen and oxygen atoms in total. The molecule has 0 spiro atoms. The van der Waals surface area contributed by atoms with Gasteiger partial charge < -0.3 is 21.1 Å². The van der Waals surface area contributed by atoms with Gasteiger partial charge in [0.25, 0.3) is 0 Å². The summed E-state index contributed by atoms with van der Waals surface area (Å²) in [5.41, 5.74) is 1.36. The van der Waals surface area contributed by atoms with Crippen LogP contribution in [0.15, 0.2) is 31.1 Å². The monoisotopic (exact) mass is 324 g/mol. The van der Waals surface area contributed by atoms with Gasteiger partial charge in [0.05, 0.1) is 11.6 Å². The molecule has 1 rings (SSSR count). The highest BCUT2D eigenvalue weighted by molar-refractivity contribution is 6.32. The van der Waals surface area contributed by atoms with Gasteiger partial charge in [0.15, 0.2) is 0 Å². The fourth-order valence-electron chi connectivity index (χ4n) is 1.65. The molecule has 1 aromatic rings. The molecule has 0 aromatic carbocycles. The van der Waals surface area contributed by atoms with Crippen molar-refractivity contribution in [1.29, 1.82) is 0 Å². The average Bonchev–Trinajstić information content (AvgIpc) is 2.48. The number of nitrogens with one attached hydrogen (secondary N) is 3. The molecule has 0 aliphatic carbocycles. The van der Waals surface area contributed by atoms with Crippen LogP contribution in [0.3, 0.4) is 0 Å². The van der Waals surface area contributed by atoms with Crippen LogP contribution in [-0.2, 0) is 0 Å². The molecule has 0 unspecified atom stereocenters. The fraction of sp³-hybridized carbons (Fsp3) is 0.333. The zero-order valence-corrected chi connectivity index (χ0v) is 13.4. The Morgan fingerprint density at radius 2 is 2.27 bits per heavy atom. The second-order valence-electron chi connectivity index (χ2n) is 4.78. The van der Waals surface area contributed by atoms with Crippen LogP contribution in [0.4, 0.5) is 10.6 Å². The van der Waals surface area contributed by atoms with Crippen molar-refractivity contribution >= 4 is 29.0 Å². The van der Waals surface area contributed by atoms with E-state index >= 15 is 0 Å². The van der Waals surface area contributed by atoms with Crippen molar-refractivity contribution in [1.82, 2.24) is 15.6 Å². The molecule has 0 radical (unpaired) electrons. The summed E-state index contributed by atoms with van der Waals surface area (Å²) in [7, 11) is 0. The van der Waals surface area contributed by atoms with Crippen molar-refractivity contribution < 1.29 is 9.90 Å². The minimum Gasteiger partial charge on any atom is -0.395 e. The smallest absolute Gasteiger partial charge is 0.318 e. The molecule has 1 heterocycles. The summed E-state index contributed by atoms with van der Waals surface area (Å²) in [5.74, 6) is 0.687. The first-order valence-corrected chi connectivity index (χ1v) is 7.26. The lowest BCUT2D eigenvalue weighted by Gasteiger charge is -2.12. The maximum atomic E-state index is 11.5. The zero-order chi connectivity index (χ0) is 16.5. The highest BCUT2D eigenvalue weighted by Crippen LogP contribution is 2.26.